The summed E-state index contributed by atoms with van der Waals surface area (Å²) >= 11 is 0. The monoisotopic (exact) mass is 274 g/mol. The summed E-state index contributed by atoms with van der Waals surface area (Å²) in [5.41, 5.74) is -0.851. The highest BCUT2D eigenvalue weighted by Gasteiger charge is 2.32. The van der Waals surface area contributed by atoms with Crippen molar-refractivity contribution in [1.82, 2.24) is 10.2 Å². The first-order valence-electron chi connectivity index (χ1n) is 7.08. The Morgan fingerprint density at radius 1 is 1.42 bits per heavy atom. The minimum atomic E-state index is -0.851. The highest BCUT2D eigenvalue weighted by molar-refractivity contribution is 5.78. The van der Waals surface area contributed by atoms with Gasteiger partial charge >= 0.3 is 5.97 Å². The van der Waals surface area contributed by atoms with Gasteiger partial charge in [-0.15, -0.1) is 0 Å². The van der Waals surface area contributed by atoms with Crippen LogP contribution < -0.4 is 5.32 Å². The van der Waals surface area contributed by atoms with Gasteiger partial charge in [-0.1, -0.05) is 6.92 Å². The van der Waals surface area contributed by atoms with Gasteiger partial charge < -0.3 is 15.2 Å². The molecule has 0 spiro atoms. The lowest BCUT2D eigenvalue weighted by Crippen LogP contribution is -2.52. The number of methoxy groups -OCH3 is 1. The standard InChI is InChI=1S/C14H30N2O3/c1-6-8-15-14(4,13(17)18)7-9-16(12(2)3)10-11-19-5/h12,15H,6-11H2,1-5H3,(H,17,18). The third-order valence-corrected chi connectivity index (χ3v) is 3.45. The second-order valence-corrected chi connectivity index (χ2v) is 5.44. The minimum Gasteiger partial charge on any atom is -0.480 e. The van der Waals surface area contributed by atoms with Crippen molar-refractivity contribution in [3.63, 3.8) is 0 Å². The van der Waals surface area contributed by atoms with Gasteiger partial charge in [0.2, 0.25) is 0 Å². The Kier molecular flexibility index (Phi) is 8.97. The summed E-state index contributed by atoms with van der Waals surface area (Å²) in [7, 11) is 1.68. The average Bonchev–Trinajstić information content (AvgIpc) is 2.35. The lowest BCUT2D eigenvalue weighted by molar-refractivity contribution is -0.144. The van der Waals surface area contributed by atoms with Crippen LogP contribution in [0.4, 0.5) is 0 Å². The normalized spacial score (nSPS) is 14.9. The Morgan fingerprint density at radius 3 is 2.47 bits per heavy atom. The zero-order valence-corrected chi connectivity index (χ0v) is 13.0. The molecule has 0 bridgehead atoms. The molecule has 0 heterocycles. The molecule has 5 heteroatoms. The minimum absolute atomic E-state index is 0.388. The van der Waals surface area contributed by atoms with Crippen LogP contribution in [0.15, 0.2) is 0 Å². The molecule has 0 aromatic carbocycles. The number of hydrogen-bond acceptors (Lipinski definition) is 4. The molecule has 0 saturated heterocycles. The van der Waals surface area contributed by atoms with Crippen LogP contribution in [0.2, 0.25) is 0 Å². The molecule has 2 N–H and O–H groups in total. The van der Waals surface area contributed by atoms with Gasteiger partial charge in [0.1, 0.15) is 5.54 Å². The lowest BCUT2D eigenvalue weighted by atomic mass is 9.97. The molecule has 1 unspecified atom stereocenters. The number of hydrogen-bond donors (Lipinski definition) is 2. The molecule has 5 nitrogen and oxygen atoms in total. The van der Waals surface area contributed by atoms with Gasteiger partial charge in [-0.05, 0) is 40.2 Å². The first kappa shape index (κ1) is 18.4. The highest BCUT2D eigenvalue weighted by atomic mass is 16.5. The molecule has 0 saturated carbocycles. The second kappa shape index (κ2) is 9.28. The summed E-state index contributed by atoms with van der Waals surface area (Å²) in [4.78, 5) is 13.7. The maximum Gasteiger partial charge on any atom is 0.323 e. The van der Waals surface area contributed by atoms with E-state index in [1.807, 2.05) is 6.92 Å². The quantitative estimate of drug-likeness (QED) is 0.599. The number of carbonyl (C=O) groups is 1. The Balaban J connectivity index is 4.45. The lowest BCUT2D eigenvalue weighted by Gasteiger charge is -2.32. The fourth-order valence-electron chi connectivity index (χ4n) is 1.88. The van der Waals surface area contributed by atoms with Crippen LogP contribution in [0, 0.1) is 0 Å². The van der Waals surface area contributed by atoms with Crippen molar-refractivity contribution in [1.29, 1.82) is 0 Å². The largest absolute Gasteiger partial charge is 0.480 e. The number of nitrogens with one attached hydrogen (secondary N) is 1. The van der Waals surface area contributed by atoms with E-state index in [2.05, 4.69) is 24.1 Å². The number of carboxylic acids is 1. The van der Waals surface area contributed by atoms with E-state index in [0.717, 1.165) is 26.1 Å². The maximum atomic E-state index is 11.4. The molecular formula is C14H30N2O3. The first-order valence-corrected chi connectivity index (χ1v) is 7.08. The molecule has 0 aliphatic rings. The summed E-state index contributed by atoms with van der Waals surface area (Å²) in [5, 5.41) is 12.5. The highest BCUT2D eigenvalue weighted by Crippen LogP contribution is 2.13. The number of nitrogens with zero attached hydrogens (tertiary/aromatic N) is 1. The summed E-state index contributed by atoms with van der Waals surface area (Å²) in [6.45, 7) is 11.0. The Morgan fingerprint density at radius 2 is 2.05 bits per heavy atom. The number of rotatable bonds is 11. The van der Waals surface area contributed by atoms with Gasteiger partial charge in [-0.3, -0.25) is 9.69 Å². The molecule has 0 aromatic heterocycles. The number of aliphatic carboxylic acids is 1. The number of carboxylic acid groups (broad SMARTS) is 1. The van der Waals surface area contributed by atoms with E-state index in [1.165, 1.54) is 0 Å². The predicted octanol–water partition coefficient (Wildman–Crippen LogP) is 1.58. The SMILES string of the molecule is CCCNC(C)(CCN(CCOC)C(C)C)C(=O)O. The number of ether oxygens (including phenoxy) is 1. The summed E-state index contributed by atoms with van der Waals surface area (Å²) < 4.78 is 5.09. The van der Waals surface area contributed by atoms with Crippen LogP contribution in [0.25, 0.3) is 0 Å². The molecule has 19 heavy (non-hydrogen) atoms. The maximum absolute atomic E-state index is 11.4. The van der Waals surface area contributed by atoms with Crippen LogP contribution in [0.1, 0.15) is 40.5 Å². The van der Waals surface area contributed by atoms with Crippen molar-refractivity contribution in [2.75, 3.05) is 33.4 Å². The van der Waals surface area contributed by atoms with Gasteiger partial charge in [0.05, 0.1) is 6.61 Å². The predicted molar refractivity (Wildman–Crippen MR) is 77.5 cm³/mol. The van der Waals surface area contributed by atoms with E-state index < -0.39 is 11.5 Å². The van der Waals surface area contributed by atoms with Crippen molar-refractivity contribution >= 4 is 5.97 Å². The zero-order chi connectivity index (χ0) is 14.9. The molecule has 0 rings (SSSR count). The van der Waals surface area contributed by atoms with Gasteiger partial charge in [-0.2, -0.15) is 0 Å². The smallest absolute Gasteiger partial charge is 0.323 e. The van der Waals surface area contributed by atoms with Crippen LogP contribution >= 0.6 is 0 Å². The van der Waals surface area contributed by atoms with Gasteiger partial charge in [0.15, 0.2) is 0 Å². The topological polar surface area (TPSA) is 61.8 Å². The van der Waals surface area contributed by atoms with E-state index in [0.29, 0.717) is 19.1 Å². The van der Waals surface area contributed by atoms with Crippen LogP contribution in [0.5, 0.6) is 0 Å². The fourth-order valence-corrected chi connectivity index (χ4v) is 1.88. The van der Waals surface area contributed by atoms with Crippen molar-refractivity contribution in [2.24, 2.45) is 0 Å². The molecule has 0 radical (unpaired) electrons. The van der Waals surface area contributed by atoms with E-state index >= 15 is 0 Å². The van der Waals surface area contributed by atoms with Gasteiger partial charge in [0, 0.05) is 26.2 Å². The third kappa shape index (κ3) is 6.89. The molecule has 0 aliphatic carbocycles. The second-order valence-electron chi connectivity index (χ2n) is 5.44. The van der Waals surface area contributed by atoms with E-state index in [-0.39, 0.29) is 0 Å². The summed E-state index contributed by atoms with van der Waals surface area (Å²) in [6.07, 6.45) is 1.52. The molecule has 0 fully saturated rings. The van der Waals surface area contributed by atoms with Crippen LogP contribution in [-0.2, 0) is 9.53 Å². The van der Waals surface area contributed by atoms with E-state index in [9.17, 15) is 9.90 Å². The van der Waals surface area contributed by atoms with Crippen molar-refractivity contribution in [3.05, 3.63) is 0 Å². The summed E-state index contributed by atoms with van der Waals surface area (Å²) in [6, 6.07) is 0.388. The third-order valence-electron chi connectivity index (χ3n) is 3.45. The molecular weight excluding hydrogens is 244 g/mol. The van der Waals surface area contributed by atoms with Crippen molar-refractivity contribution in [2.45, 2.75) is 52.1 Å². The Labute approximate surface area is 117 Å². The molecule has 0 amide bonds. The molecule has 0 aromatic rings. The molecule has 114 valence electrons. The van der Waals surface area contributed by atoms with Crippen LogP contribution in [0.3, 0.4) is 0 Å². The van der Waals surface area contributed by atoms with Gasteiger partial charge in [0.25, 0.3) is 0 Å². The zero-order valence-electron chi connectivity index (χ0n) is 13.0. The average molecular weight is 274 g/mol. The Hall–Kier alpha value is -0.650. The van der Waals surface area contributed by atoms with Gasteiger partial charge in [-0.25, -0.2) is 0 Å². The van der Waals surface area contributed by atoms with Crippen molar-refractivity contribution < 1.29 is 14.6 Å². The molecule has 1 atom stereocenters. The van der Waals surface area contributed by atoms with Crippen molar-refractivity contribution in [3.8, 4) is 0 Å². The Bertz CT molecular complexity index is 259. The van der Waals surface area contributed by atoms with Crippen LogP contribution in [-0.4, -0.2) is 60.9 Å². The molecule has 0 aliphatic heterocycles. The summed E-state index contributed by atoms with van der Waals surface area (Å²) in [5.74, 6) is -0.781. The van der Waals surface area contributed by atoms with E-state index in [4.69, 9.17) is 4.74 Å². The van der Waals surface area contributed by atoms with E-state index in [1.54, 1.807) is 14.0 Å². The fraction of sp³-hybridized carbons (Fsp3) is 0.929. The first-order chi connectivity index (χ1) is 8.87.